The van der Waals surface area contributed by atoms with Gasteiger partial charge >= 0.3 is 31.4 Å². The van der Waals surface area contributed by atoms with E-state index >= 15 is 0 Å². The van der Waals surface area contributed by atoms with Gasteiger partial charge in [-0.15, -0.1) is 0 Å². The number of nitrogens with two attached hydrogens (primary N) is 4. The Morgan fingerprint density at radius 1 is 0.382 bits per heavy atom. The first-order valence-electron chi connectivity index (χ1n) is 32.7. The summed E-state index contributed by atoms with van der Waals surface area (Å²) in [6.07, 6.45) is 1.45. The van der Waals surface area contributed by atoms with Crippen molar-refractivity contribution in [1.29, 1.82) is 0 Å². The SMILES string of the molecule is C.CC.CC.CC.CC.CC(=O)C(C)=O.COC(=O)C(C)=O.Cc1ccc2ccc(N)cc2n1.Cc1ccc2ccccc2n1.FB(F)F.Nc1ccc(C=O)c(N)c1.Nc1ccccc1C=O.O=C(O)c1ccc2ccccc2n1.O=C(O)c1ccc2ccccc2n1.O=C(O)c1ccc2ccccc2n1.[CH3-].[F-].[Y]. The van der Waals surface area contributed by atoms with Crippen LogP contribution in [0.25, 0.3) is 54.5 Å². The zero-order chi connectivity index (χ0) is 80.9. The Morgan fingerprint density at radius 3 is 0.927 bits per heavy atom. The van der Waals surface area contributed by atoms with Crippen LogP contribution in [0.15, 0.2) is 218 Å². The van der Waals surface area contributed by atoms with E-state index in [-0.39, 0.29) is 80.9 Å². The summed E-state index contributed by atoms with van der Waals surface area (Å²) in [6, 6.07) is 65.9. The minimum Gasteiger partial charge on any atom is -1.00 e. The molecule has 22 nitrogen and oxygen atoms in total. The number of halogens is 4. The van der Waals surface area contributed by atoms with Gasteiger partial charge in [0.25, 0.3) is 0 Å². The number of ketones is 3. The van der Waals surface area contributed by atoms with Gasteiger partial charge in [-0.25, -0.2) is 34.1 Å². The van der Waals surface area contributed by atoms with Crippen LogP contribution in [0.4, 0.5) is 35.7 Å². The first kappa shape index (κ1) is 109. The summed E-state index contributed by atoms with van der Waals surface area (Å²) in [5.41, 5.74) is 31.7. The maximum Gasteiger partial charge on any atom is 0.762 e. The molecule has 28 heteroatoms. The Kier molecular flexibility index (Phi) is 62.4. The van der Waals surface area contributed by atoms with Crippen LogP contribution >= 0.6 is 0 Å². The number of aldehydes is 2. The Balaban J connectivity index is -0.000000272. The van der Waals surface area contributed by atoms with Gasteiger partial charge < -0.3 is 55.1 Å². The number of benzene rings is 7. The second kappa shape index (κ2) is 63.0. The van der Waals surface area contributed by atoms with Gasteiger partial charge in [0.1, 0.15) is 17.1 Å². The number of nitrogen functional groups attached to an aromatic ring is 4. The molecule has 0 spiro atoms. The van der Waals surface area contributed by atoms with Crippen LogP contribution in [-0.4, -0.2) is 109 Å². The number of hydrogen-bond acceptors (Lipinski definition) is 19. The van der Waals surface area contributed by atoms with E-state index in [4.69, 9.17) is 38.3 Å². The average Bonchev–Trinajstić information content (AvgIpc) is 0.863. The minimum atomic E-state index is -3.67. The van der Waals surface area contributed by atoms with Crippen molar-refractivity contribution >= 4 is 139 Å². The molecule has 0 amide bonds. The maximum absolute atomic E-state index is 10.6. The van der Waals surface area contributed by atoms with E-state index in [0.29, 0.717) is 51.0 Å². The fourth-order valence-electron chi connectivity index (χ4n) is 7.42. The van der Waals surface area contributed by atoms with Crippen LogP contribution in [0.3, 0.4) is 0 Å². The predicted octanol–water partition coefficient (Wildman–Crippen LogP) is 15.2. The van der Waals surface area contributed by atoms with Crippen molar-refractivity contribution in [3.05, 3.63) is 265 Å². The zero-order valence-corrected chi connectivity index (χ0v) is 66.4. The van der Waals surface area contributed by atoms with Gasteiger partial charge in [-0.1, -0.05) is 184 Å². The van der Waals surface area contributed by atoms with Crippen molar-refractivity contribution in [2.24, 2.45) is 0 Å². The number of esters is 1. The normalized spacial score (nSPS) is 8.70. The number of aryl methyl sites for hydroxylation is 2. The number of aromatic carboxylic acids is 3. The van der Waals surface area contributed by atoms with E-state index in [1.54, 1.807) is 78.9 Å². The van der Waals surface area contributed by atoms with E-state index in [9.17, 15) is 56.1 Å². The van der Waals surface area contributed by atoms with Gasteiger partial charge in [0.15, 0.2) is 24.1 Å². The van der Waals surface area contributed by atoms with E-state index < -0.39 is 37.2 Å². The number of ether oxygens (including phenoxy) is 1. The molecule has 5 heterocycles. The molecule has 12 aromatic rings. The molecule has 0 saturated heterocycles. The molecule has 0 unspecified atom stereocenters. The van der Waals surface area contributed by atoms with Crippen LogP contribution in [0.2, 0.25) is 0 Å². The third-order valence-corrected chi connectivity index (χ3v) is 12.4. The second-order valence-electron chi connectivity index (χ2n) is 19.8. The van der Waals surface area contributed by atoms with Gasteiger partial charge in [-0.05, 0) is 111 Å². The first-order chi connectivity index (χ1) is 50.6. The molecule has 0 atom stereocenters. The second-order valence-corrected chi connectivity index (χ2v) is 19.8. The number of anilines is 4. The molecule has 1 radical (unpaired) electrons. The van der Waals surface area contributed by atoms with Gasteiger partial charge in [-0.2, -0.15) is 0 Å². The van der Waals surface area contributed by atoms with Crippen LogP contribution in [0.5, 0.6) is 0 Å². The molecule has 0 aliphatic rings. The summed E-state index contributed by atoms with van der Waals surface area (Å²) in [5, 5.41) is 31.2. The molecule has 11 N–H and O–H groups in total. The summed E-state index contributed by atoms with van der Waals surface area (Å²) in [5.74, 6) is -5.10. The molecular formula is C82H98BF4N9O13Y-2. The number of nitrogens with zero attached hydrogens (tertiary/aromatic N) is 5. The van der Waals surface area contributed by atoms with Gasteiger partial charge in [0.2, 0.25) is 5.78 Å². The summed E-state index contributed by atoms with van der Waals surface area (Å²) in [7, 11) is -2.50. The van der Waals surface area contributed by atoms with E-state index in [1.807, 2.05) is 172 Å². The summed E-state index contributed by atoms with van der Waals surface area (Å²) in [6.45, 7) is 23.6. The topological polar surface area (TPSA) is 392 Å². The molecule has 0 aliphatic carbocycles. The molecule has 5 aromatic heterocycles. The minimum absolute atomic E-state index is 0. The van der Waals surface area contributed by atoms with Crippen LogP contribution in [0.1, 0.15) is 147 Å². The van der Waals surface area contributed by atoms with Crippen molar-refractivity contribution in [2.45, 2.75) is 97.4 Å². The molecule has 0 aliphatic heterocycles. The Morgan fingerprint density at radius 2 is 0.645 bits per heavy atom. The zero-order valence-electron chi connectivity index (χ0n) is 63.6. The number of para-hydroxylation sites is 5. The number of rotatable bonds is 7. The molecule has 0 saturated carbocycles. The first-order valence-corrected chi connectivity index (χ1v) is 32.7. The quantitative estimate of drug-likeness (QED) is 0.0148. The summed E-state index contributed by atoms with van der Waals surface area (Å²) < 4.78 is 33.0. The standard InChI is InChI=1S/C10H10N2.3C10H7NO2.C10H9N.C7H8N2O.C7H7NO.C4H6O3.C4H6O2.4C2H6.CH4.CH3.BF3.FH.Y/c1-7-2-3-8-4-5-9(11)6-10(8)12-7;3*12-10(13)9-6-5-7-3-1-2-4-8(7)11-9;1-8-6-7-9-4-2-3-5-10(9)11-8;8-6-2-1-5(4-10)7(9)3-6;8-7-4-2-1-3-6(7)5-9;1-3(5)4(6)7-2;1-3(5)4(2)6;4*1-2;;;2-1(3)4;;/h2-6H,11H2,1H3;3*1-6H,(H,12,13);2-7H,1H3;1-4H,8-9H2;1-5H,8H2;1-2H3;1-2H3;4*1-2H3;1H4;1H3;;1H;/q;;;;;;;;;;;;;;-1;;;/p-1. The van der Waals surface area contributed by atoms with Crippen molar-refractivity contribution < 1.29 is 114 Å². The van der Waals surface area contributed by atoms with Gasteiger partial charge in [0.05, 0.1) is 34.7 Å². The average molecular weight is 1590 g/mol. The largest absolute Gasteiger partial charge is 1.00 e. The smallest absolute Gasteiger partial charge is 0.762 e. The van der Waals surface area contributed by atoms with Gasteiger partial charge in [0, 0.05) is 126 Å². The molecule has 7 aromatic carbocycles. The Bertz CT molecular complexity index is 4480. The predicted molar refractivity (Wildman–Crippen MR) is 432 cm³/mol. The molecule has 12 rings (SSSR count). The number of carboxylic acids is 3. The van der Waals surface area contributed by atoms with Crippen LogP contribution in [-0.2, 0) is 56.6 Å². The fourth-order valence-corrected chi connectivity index (χ4v) is 7.42. The van der Waals surface area contributed by atoms with Crippen molar-refractivity contribution in [1.82, 2.24) is 24.9 Å². The van der Waals surface area contributed by atoms with Crippen molar-refractivity contribution in [3.8, 4) is 0 Å². The molecule has 0 bridgehead atoms. The van der Waals surface area contributed by atoms with Crippen LogP contribution in [0, 0.1) is 21.3 Å². The summed E-state index contributed by atoms with van der Waals surface area (Å²) >= 11 is 0. The molecule has 585 valence electrons. The maximum atomic E-state index is 10.6. The number of carbonyl (C=O) groups excluding carboxylic acids is 6. The monoisotopic (exact) mass is 1590 g/mol. The van der Waals surface area contributed by atoms with Crippen molar-refractivity contribution in [3.63, 3.8) is 0 Å². The third kappa shape index (κ3) is 44.1. The fraction of sp³-hybridized carbons (Fsp3) is 0.183. The number of Topliss-reactive ketones (excluding diaryl/α,β-unsaturated/α-hetero) is 3. The van der Waals surface area contributed by atoms with Gasteiger partial charge in [-0.3, -0.25) is 46.9 Å². The Labute approximate surface area is 665 Å². The van der Waals surface area contributed by atoms with E-state index in [1.165, 1.54) is 44.5 Å². The van der Waals surface area contributed by atoms with E-state index in [0.717, 1.165) is 62.9 Å². The Hall–Kier alpha value is -12.1. The third-order valence-electron chi connectivity index (χ3n) is 12.4. The van der Waals surface area contributed by atoms with Crippen LogP contribution < -0.4 is 27.6 Å². The number of pyridine rings is 5. The molecular weight excluding hydrogens is 1490 g/mol. The number of carboxylic acid groups (broad SMARTS) is 3. The summed E-state index contributed by atoms with van der Waals surface area (Å²) in [4.78, 5) is 112. The number of hydrogen-bond donors (Lipinski definition) is 7. The number of methoxy groups -OCH3 is 1. The van der Waals surface area contributed by atoms with E-state index in [2.05, 4.69) is 47.9 Å². The van der Waals surface area contributed by atoms with Crippen molar-refractivity contribution in [2.75, 3.05) is 30.0 Å². The number of carbonyl (C=O) groups is 9. The number of fused-ring (bicyclic) bond motifs is 5. The molecule has 0 fully saturated rings. The number of aromatic nitrogens is 5. The molecule has 110 heavy (non-hydrogen) atoms.